The van der Waals surface area contributed by atoms with E-state index in [4.69, 9.17) is 23.2 Å². The molecule has 0 aliphatic heterocycles. The molecule has 0 saturated carbocycles. The van der Waals surface area contributed by atoms with Crippen LogP contribution in [-0.2, 0) is 6.54 Å². The first-order chi connectivity index (χ1) is 9.15. The van der Waals surface area contributed by atoms with Gasteiger partial charge in [-0.1, -0.05) is 35.3 Å². The molecule has 0 N–H and O–H groups in total. The molecule has 0 spiro atoms. The third-order valence-electron chi connectivity index (χ3n) is 3.10. The number of hydrogen-bond donors (Lipinski definition) is 0. The molecule has 0 saturated heterocycles. The van der Waals surface area contributed by atoms with Crippen LogP contribution in [0, 0.1) is 5.82 Å². The van der Waals surface area contributed by atoms with Gasteiger partial charge in [-0.05, 0) is 35.9 Å². The Morgan fingerprint density at radius 3 is 2.63 bits per heavy atom. The highest BCUT2D eigenvalue weighted by atomic mass is 35.5. The molecule has 1 nitrogen and oxygen atoms in total. The Kier molecular flexibility index (Phi) is 3.21. The van der Waals surface area contributed by atoms with Crippen molar-refractivity contribution in [2.24, 2.45) is 0 Å². The van der Waals surface area contributed by atoms with Crippen LogP contribution in [0.1, 0.15) is 5.56 Å². The molecule has 1 aromatic heterocycles. The van der Waals surface area contributed by atoms with E-state index in [0.717, 1.165) is 11.1 Å². The van der Waals surface area contributed by atoms with Crippen LogP contribution in [0.5, 0.6) is 0 Å². The molecule has 1 heterocycles. The second-order valence-corrected chi connectivity index (χ2v) is 5.18. The van der Waals surface area contributed by atoms with Crippen LogP contribution in [0.15, 0.2) is 48.7 Å². The predicted octanol–water partition coefficient (Wildman–Crippen LogP) is 5.14. The highest BCUT2D eigenvalue weighted by molar-refractivity contribution is 6.42. The Morgan fingerprint density at radius 2 is 1.84 bits per heavy atom. The van der Waals surface area contributed by atoms with E-state index in [1.807, 2.05) is 29.0 Å². The van der Waals surface area contributed by atoms with Gasteiger partial charge in [0.15, 0.2) is 0 Å². The van der Waals surface area contributed by atoms with Gasteiger partial charge < -0.3 is 4.57 Å². The van der Waals surface area contributed by atoms with Crippen LogP contribution in [-0.4, -0.2) is 4.57 Å². The molecular weight excluding hydrogens is 284 g/mol. The van der Waals surface area contributed by atoms with E-state index < -0.39 is 0 Å². The summed E-state index contributed by atoms with van der Waals surface area (Å²) < 4.78 is 15.6. The topological polar surface area (TPSA) is 4.93 Å². The van der Waals surface area contributed by atoms with Crippen molar-refractivity contribution in [3.05, 3.63) is 70.1 Å². The summed E-state index contributed by atoms with van der Waals surface area (Å²) in [6.45, 7) is 0.629. The minimum absolute atomic E-state index is 0.203. The van der Waals surface area contributed by atoms with Gasteiger partial charge in [-0.2, -0.15) is 0 Å². The summed E-state index contributed by atoms with van der Waals surface area (Å²) >= 11 is 11.9. The summed E-state index contributed by atoms with van der Waals surface area (Å²) in [7, 11) is 0. The van der Waals surface area contributed by atoms with E-state index in [2.05, 4.69) is 0 Å². The quantitative estimate of drug-likeness (QED) is 0.617. The predicted molar refractivity (Wildman–Crippen MR) is 77.5 cm³/mol. The highest BCUT2D eigenvalue weighted by Gasteiger charge is 2.06. The number of rotatable bonds is 2. The average Bonchev–Trinajstić information content (AvgIpc) is 2.79. The van der Waals surface area contributed by atoms with Crippen molar-refractivity contribution in [2.45, 2.75) is 6.54 Å². The van der Waals surface area contributed by atoms with E-state index in [1.54, 1.807) is 18.2 Å². The van der Waals surface area contributed by atoms with Crippen LogP contribution >= 0.6 is 23.2 Å². The van der Waals surface area contributed by atoms with Gasteiger partial charge in [0.1, 0.15) is 5.82 Å². The Balaban J connectivity index is 2.01. The van der Waals surface area contributed by atoms with Gasteiger partial charge in [0.2, 0.25) is 0 Å². The molecule has 0 aliphatic carbocycles. The van der Waals surface area contributed by atoms with Crippen molar-refractivity contribution < 1.29 is 4.39 Å². The molecule has 0 atom stereocenters. The maximum absolute atomic E-state index is 13.6. The van der Waals surface area contributed by atoms with Crippen LogP contribution in [0.3, 0.4) is 0 Å². The summed E-state index contributed by atoms with van der Waals surface area (Å²) in [5.41, 5.74) is 1.89. The molecule has 96 valence electrons. The minimum atomic E-state index is -0.203. The van der Waals surface area contributed by atoms with E-state index in [-0.39, 0.29) is 5.82 Å². The van der Waals surface area contributed by atoms with Crippen LogP contribution in [0.4, 0.5) is 4.39 Å². The molecule has 2 aromatic carbocycles. The zero-order valence-electron chi connectivity index (χ0n) is 9.91. The van der Waals surface area contributed by atoms with Crippen molar-refractivity contribution in [3.8, 4) is 0 Å². The second kappa shape index (κ2) is 4.87. The fraction of sp³-hybridized carbons (Fsp3) is 0.0667. The largest absolute Gasteiger partial charge is 0.343 e. The number of aromatic nitrogens is 1. The van der Waals surface area contributed by atoms with E-state index in [9.17, 15) is 4.39 Å². The summed E-state index contributed by atoms with van der Waals surface area (Å²) in [4.78, 5) is 0. The van der Waals surface area contributed by atoms with Crippen molar-refractivity contribution in [1.29, 1.82) is 0 Å². The second-order valence-electron chi connectivity index (χ2n) is 4.36. The number of benzene rings is 2. The van der Waals surface area contributed by atoms with Gasteiger partial charge in [-0.3, -0.25) is 0 Å². The summed E-state index contributed by atoms with van der Waals surface area (Å²) in [5, 5.41) is 1.69. The highest BCUT2D eigenvalue weighted by Crippen LogP contribution is 2.24. The maximum Gasteiger partial charge on any atom is 0.132 e. The van der Waals surface area contributed by atoms with Gasteiger partial charge in [-0.25, -0.2) is 4.39 Å². The van der Waals surface area contributed by atoms with Gasteiger partial charge in [0.25, 0.3) is 0 Å². The molecule has 0 bridgehead atoms. The first-order valence-corrected chi connectivity index (χ1v) is 6.58. The number of nitrogens with zero attached hydrogens (tertiary/aromatic N) is 1. The minimum Gasteiger partial charge on any atom is -0.343 e. The Morgan fingerprint density at radius 1 is 1.00 bits per heavy atom. The lowest BCUT2D eigenvalue weighted by Gasteiger charge is -2.07. The molecule has 0 radical (unpaired) electrons. The number of halogens is 3. The molecule has 3 rings (SSSR count). The van der Waals surface area contributed by atoms with Crippen molar-refractivity contribution >= 4 is 34.1 Å². The number of hydrogen-bond acceptors (Lipinski definition) is 0. The van der Waals surface area contributed by atoms with Gasteiger partial charge in [0, 0.05) is 18.1 Å². The summed E-state index contributed by atoms with van der Waals surface area (Å²) in [5.74, 6) is -0.203. The first-order valence-electron chi connectivity index (χ1n) is 5.82. The standard InChI is InChI=1S/C15H10Cl2FN/c16-12-5-4-10(8-13(12)17)9-19-7-6-11-14(18)2-1-3-15(11)19/h1-8H,9H2. The smallest absolute Gasteiger partial charge is 0.132 e. The third kappa shape index (κ3) is 2.34. The Bertz CT molecular complexity index is 749. The molecular formula is C15H10Cl2FN. The van der Waals surface area contributed by atoms with Crippen LogP contribution < -0.4 is 0 Å². The zero-order valence-corrected chi connectivity index (χ0v) is 11.4. The van der Waals surface area contributed by atoms with Gasteiger partial charge in [0.05, 0.1) is 15.6 Å². The average molecular weight is 294 g/mol. The zero-order chi connectivity index (χ0) is 13.4. The monoisotopic (exact) mass is 293 g/mol. The summed E-state index contributed by atoms with van der Waals surface area (Å²) in [6, 6.07) is 12.4. The third-order valence-corrected chi connectivity index (χ3v) is 3.84. The molecule has 19 heavy (non-hydrogen) atoms. The van der Waals surface area contributed by atoms with Crippen LogP contribution in [0.2, 0.25) is 10.0 Å². The van der Waals surface area contributed by atoms with Gasteiger partial charge in [-0.15, -0.1) is 0 Å². The molecule has 0 aliphatic rings. The van der Waals surface area contributed by atoms with E-state index in [0.29, 0.717) is 22.0 Å². The SMILES string of the molecule is Fc1cccc2c1ccn2Cc1ccc(Cl)c(Cl)c1. The molecule has 4 heteroatoms. The lowest BCUT2D eigenvalue weighted by molar-refractivity contribution is 0.639. The molecule has 0 amide bonds. The maximum atomic E-state index is 13.6. The van der Waals surface area contributed by atoms with Crippen LogP contribution in [0.25, 0.3) is 10.9 Å². The van der Waals surface area contributed by atoms with E-state index in [1.165, 1.54) is 6.07 Å². The fourth-order valence-electron chi connectivity index (χ4n) is 2.16. The Hall–Kier alpha value is -1.51. The lowest BCUT2D eigenvalue weighted by Crippen LogP contribution is -1.97. The molecule has 3 aromatic rings. The van der Waals surface area contributed by atoms with Crippen molar-refractivity contribution in [2.75, 3.05) is 0 Å². The van der Waals surface area contributed by atoms with E-state index >= 15 is 0 Å². The molecule has 0 unspecified atom stereocenters. The lowest BCUT2D eigenvalue weighted by atomic mass is 10.2. The number of fused-ring (bicyclic) bond motifs is 1. The Labute approximate surface area is 120 Å². The van der Waals surface area contributed by atoms with Crippen molar-refractivity contribution in [1.82, 2.24) is 4.57 Å². The normalized spacial score (nSPS) is 11.1. The van der Waals surface area contributed by atoms with Crippen molar-refractivity contribution in [3.63, 3.8) is 0 Å². The van der Waals surface area contributed by atoms with Gasteiger partial charge >= 0.3 is 0 Å². The summed E-state index contributed by atoms with van der Waals surface area (Å²) in [6.07, 6.45) is 1.87. The first kappa shape index (κ1) is 12.5. The molecule has 0 fully saturated rings. The fourth-order valence-corrected chi connectivity index (χ4v) is 2.48.